The topological polar surface area (TPSA) is 90.9 Å². The van der Waals surface area contributed by atoms with Crippen molar-refractivity contribution in [3.05, 3.63) is 34.3 Å². The molecule has 8 heteroatoms. The molecule has 0 radical (unpaired) electrons. The molecule has 0 saturated carbocycles. The Balaban J connectivity index is 2.46. The first-order chi connectivity index (χ1) is 8.83. The summed E-state index contributed by atoms with van der Waals surface area (Å²) >= 11 is 3.35. The van der Waals surface area contributed by atoms with Crippen LogP contribution in [-0.2, 0) is 22.6 Å². The van der Waals surface area contributed by atoms with E-state index in [1.807, 2.05) is 0 Å². The smallest absolute Gasteiger partial charge is 0.186 e. The summed E-state index contributed by atoms with van der Waals surface area (Å²) in [5.74, 6) is -0.168. The number of halogens is 1. The SMILES string of the molecule is Cc1nn(C)c(CS(=O)(=O)c2ccncc2N)c1Br. The Labute approximate surface area is 119 Å². The summed E-state index contributed by atoms with van der Waals surface area (Å²) in [4.78, 5) is 3.88. The second-order valence-corrected chi connectivity index (χ2v) is 6.89. The third kappa shape index (κ3) is 2.64. The van der Waals surface area contributed by atoms with Crippen LogP contribution in [0.2, 0.25) is 0 Å². The van der Waals surface area contributed by atoms with Crippen molar-refractivity contribution in [3.63, 3.8) is 0 Å². The van der Waals surface area contributed by atoms with Crippen molar-refractivity contribution in [2.24, 2.45) is 7.05 Å². The van der Waals surface area contributed by atoms with Crippen molar-refractivity contribution < 1.29 is 8.42 Å². The number of sulfone groups is 1. The number of anilines is 1. The average Bonchev–Trinajstić information content (AvgIpc) is 2.56. The zero-order chi connectivity index (χ0) is 14.2. The zero-order valence-electron chi connectivity index (χ0n) is 10.5. The molecule has 0 atom stereocenters. The first-order valence-electron chi connectivity index (χ1n) is 5.43. The largest absolute Gasteiger partial charge is 0.396 e. The molecular weight excluding hydrogens is 332 g/mol. The molecule has 19 heavy (non-hydrogen) atoms. The Kier molecular flexibility index (Phi) is 3.64. The van der Waals surface area contributed by atoms with Crippen molar-refractivity contribution in [1.29, 1.82) is 0 Å². The summed E-state index contributed by atoms with van der Waals surface area (Å²) in [5.41, 5.74) is 7.15. The van der Waals surface area contributed by atoms with Gasteiger partial charge in [0.2, 0.25) is 0 Å². The van der Waals surface area contributed by atoms with E-state index < -0.39 is 9.84 Å². The van der Waals surface area contributed by atoms with Crippen LogP contribution in [-0.4, -0.2) is 23.2 Å². The summed E-state index contributed by atoms with van der Waals surface area (Å²) in [5, 5.41) is 4.17. The monoisotopic (exact) mass is 344 g/mol. The summed E-state index contributed by atoms with van der Waals surface area (Å²) < 4.78 is 27.0. The van der Waals surface area contributed by atoms with Crippen LogP contribution in [0.4, 0.5) is 5.69 Å². The second-order valence-electron chi connectivity index (χ2n) is 4.14. The molecule has 0 amide bonds. The number of nitrogens with zero attached hydrogens (tertiary/aromatic N) is 3. The first-order valence-corrected chi connectivity index (χ1v) is 7.87. The van der Waals surface area contributed by atoms with E-state index in [-0.39, 0.29) is 16.3 Å². The van der Waals surface area contributed by atoms with Crippen LogP contribution < -0.4 is 5.73 Å². The highest BCUT2D eigenvalue weighted by molar-refractivity contribution is 9.10. The summed E-state index contributed by atoms with van der Waals surface area (Å²) in [6.07, 6.45) is 2.74. The van der Waals surface area contributed by atoms with Crippen molar-refractivity contribution in [3.8, 4) is 0 Å². The number of pyridine rings is 1. The molecule has 0 aliphatic rings. The van der Waals surface area contributed by atoms with Gasteiger partial charge in [0, 0.05) is 13.2 Å². The number of nitrogens with two attached hydrogens (primary N) is 1. The highest BCUT2D eigenvalue weighted by atomic mass is 79.9. The van der Waals surface area contributed by atoms with Crippen LogP contribution in [0, 0.1) is 6.92 Å². The number of hydrogen-bond acceptors (Lipinski definition) is 5. The Morgan fingerprint density at radius 3 is 2.68 bits per heavy atom. The first kappa shape index (κ1) is 14.0. The average molecular weight is 345 g/mol. The van der Waals surface area contributed by atoms with E-state index in [9.17, 15) is 8.42 Å². The molecule has 2 rings (SSSR count). The van der Waals surface area contributed by atoms with Gasteiger partial charge in [-0.1, -0.05) is 0 Å². The van der Waals surface area contributed by atoms with Gasteiger partial charge >= 0.3 is 0 Å². The Hall–Kier alpha value is -1.41. The fraction of sp³-hybridized carbons (Fsp3) is 0.273. The van der Waals surface area contributed by atoms with Crippen molar-refractivity contribution >= 4 is 31.5 Å². The maximum Gasteiger partial charge on any atom is 0.186 e. The lowest BCUT2D eigenvalue weighted by Gasteiger charge is -2.07. The third-order valence-corrected chi connectivity index (χ3v) is 5.46. The number of aromatic nitrogens is 3. The van der Waals surface area contributed by atoms with Crippen LogP contribution in [0.5, 0.6) is 0 Å². The predicted molar refractivity (Wildman–Crippen MR) is 75.2 cm³/mol. The molecule has 0 unspecified atom stereocenters. The van der Waals surface area contributed by atoms with Gasteiger partial charge in [-0.15, -0.1) is 0 Å². The molecule has 0 aliphatic carbocycles. The summed E-state index contributed by atoms with van der Waals surface area (Å²) in [6, 6.07) is 1.40. The molecule has 6 nitrogen and oxygen atoms in total. The van der Waals surface area contributed by atoms with E-state index in [0.717, 1.165) is 5.69 Å². The summed E-state index contributed by atoms with van der Waals surface area (Å²) in [6.45, 7) is 1.81. The van der Waals surface area contributed by atoms with Gasteiger partial charge in [0.15, 0.2) is 9.84 Å². The minimum atomic E-state index is -3.53. The lowest BCUT2D eigenvalue weighted by molar-refractivity contribution is 0.592. The van der Waals surface area contributed by atoms with Gasteiger partial charge in [0.25, 0.3) is 0 Å². The molecule has 102 valence electrons. The lowest BCUT2D eigenvalue weighted by atomic mass is 10.4. The molecule has 2 aromatic heterocycles. The molecule has 2 aromatic rings. The van der Waals surface area contributed by atoms with E-state index >= 15 is 0 Å². The van der Waals surface area contributed by atoms with Crippen LogP contribution >= 0.6 is 15.9 Å². The molecule has 0 saturated heterocycles. The van der Waals surface area contributed by atoms with E-state index in [4.69, 9.17) is 5.73 Å². The maximum atomic E-state index is 12.4. The second kappa shape index (κ2) is 4.93. The van der Waals surface area contributed by atoms with Gasteiger partial charge in [-0.3, -0.25) is 9.67 Å². The van der Waals surface area contributed by atoms with Crippen LogP contribution in [0.15, 0.2) is 27.8 Å². The molecule has 0 aliphatic heterocycles. The minimum absolute atomic E-state index is 0.0910. The molecule has 2 heterocycles. The molecule has 0 spiro atoms. The number of aryl methyl sites for hydroxylation is 2. The Morgan fingerprint density at radius 1 is 1.47 bits per heavy atom. The lowest BCUT2D eigenvalue weighted by Crippen LogP contribution is -2.11. The van der Waals surface area contributed by atoms with Gasteiger partial charge in [0.1, 0.15) is 0 Å². The van der Waals surface area contributed by atoms with E-state index in [1.165, 1.54) is 18.5 Å². The Bertz CT molecular complexity index is 724. The molecule has 2 N–H and O–H groups in total. The van der Waals surface area contributed by atoms with Crippen molar-refractivity contribution in [2.45, 2.75) is 17.6 Å². The molecule has 0 bridgehead atoms. The van der Waals surface area contributed by atoms with Gasteiger partial charge in [-0.05, 0) is 28.9 Å². The van der Waals surface area contributed by atoms with Gasteiger partial charge in [-0.25, -0.2) is 8.42 Å². The molecule has 0 fully saturated rings. The quantitative estimate of drug-likeness (QED) is 0.909. The zero-order valence-corrected chi connectivity index (χ0v) is 12.9. The van der Waals surface area contributed by atoms with E-state index in [0.29, 0.717) is 10.2 Å². The molecule has 0 aromatic carbocycles. The van der Waals surface area contributed by atoms with Crippen molar-refractivity contribution in [1.82, 2.24) is 14.8 Å². The van der Waals surface area contributed by atoms with Crippen molar-refractivity contribution in [2.75, 3.05) is 5.73 Å². The Morgan fingerprint density at radius 2 is 2.16 bits per heavy atom. The fourth-order valence-electron chi connectivity index (χ4n) is 1.77. The summed E-state index contributed by atoms with van der Waals surface area (Å²) in [7, 11) is -1.82. The number of hydrogen-bond donors (Lipinski definition) is 1. The maximum absolute atomic E-state index is 12.4. The molecular formula is C11H13BrN4O2S. The highest BCUT2D eigenvalue weighted by Gasteiger charge is 2.22. The predicted octanol–water partition coefficient (Wildman–Crippen LogP) is 1.44. The van der Waals surface area contributed by atoms with Gasteiger partial charge < -0.3 is 5.73 Å². The fourth-order valence-corrected chi connectivity index (χ4v) is 3.96. The number of rotatable bonds is 3. The normalized spacial score (nSPS) is 11.7. The van der Waals surface area contributed by atoms with Gasteiger partial charge in [-0.2, -0.15) is 5.10 Å². The minimum Gasteiger partial charge on any atom is -0.396 e. The van der Waals surface area contributed by atoms with Crippen LogP contribution in [0.1, 0.15) is 11.4 Å². The highest BCUT2D eigenvalue weighted by Crippen LogP contribution is 2.26. The van der Waals surface area contributed by atoms with E-state index in [1.54, 1.807) is 18.7 Å². The third-order valence-electron chi connectivity index (χ3n) is 2.73. The van der Waals surface area contributed by atoms with Gasteiger partial charge in [0.05, 0.1) is 38.4 Å². The van der Waals surface area contributed by atoms with Crippen LogP contribution in [0.3, 0.4) is 0 Å². The number of nitrogen functional groups attached to an aromatic ring is 1. The van der Waals surface area contributed by atoms with E-state index in [2.05, 4.69) is 26.0 Å². The van der Waals surface area contributed by atoms with Crippen LogP contribution in [0.25, 0.3) is 0 Å². The standard InChI is InChI=1S/C11H13BrN4O2S/c1-7-11(12)9(16(2)15-7)6-19(17,18)10-3-4-14-5-8(10)13/h3-5H,6,13H2,1-2H3.